The lowest BCUT2D eigenvalue weighted by molar-refractivity contribution is 0.0183. The fraction of sp³-hybridized carbons (Fsp3) is 0.269. The number of anilines is 2. The third-order valence-corrected chi connectivity index (χ3v) is 5.85. The summed E-state index contributed by atoms with van der Waals surface area (Å²) in [5, 5.41) is 2.81. The van der Waals surface area contributed by atoms with Crippen LogP contribution in [0.5, 0.6) is 11.5 Å². The minimum Gasteiger partial charge on any atom is -0.489 e. The fourth-order valence-corrected chi connectivity index (χ4v) is 3.93. The van der Waals surface area contributed by atoms with E-state index in [1.807, 2.05) is 33.8 Å². The van der Waals surface area contributed by atoms with Crippen molar-refractivity contribution in [1.82, 2.24) is 4.98 Å². The van der Waals surface area contributed by atoms with Crippen LogP contribution in [0.25, 0.3) is 0 Å². The van der Waals surface area contributed by atoms with E-state index in [1.54, 1.807) is 36.4 Å². The fourth-order valence-electron chi connectivity index (χ4n) is 3.93. The Balaban J connectivity index is 1.42. The number of hydrogen-bond acceptors (Lipinski definition) is 6. The summed E-state index contributed by atoms with van der Waals surface area (Å²) < 4.78 is 12.3. The number of carbonyl (C=O) groups excluding carboxylic acids is 2. The number of pyridine rings is 1. The Bertz CT molecular complexity index is 1220. The van der Waals surface area contributed by atoms with Crippen LogP contribution in [0.2, 0.25) is 0 Å². The molecule has 3 N–H and O–H groups in total. The highest BCUT2D eigenvalue weighted by atomic mass is 16.5. The van der Waals surface area contributed by atoms with Crippen LogP contribution < -0.4 is 20.5 Å². The number of ether oxygens (including phenoxy) is 2. The van der Waals surface area contributed by atoms with Gasteiger partial charge in [0.05, 0.1) is 17.5 Å². The summed E-state index contributed by atoms with van der Waals surface area (Å²) in [7, 11) is 0. The molecular weight excluding hydrogens is 418 g/mol. The van der Waals surface area contributed by atoms with Gasteiger partial charge in [-0.3, -0.25) is 9.59 Å². The summed E-state index contributed by atoms with van der Waals surface area (Å²) in [5.74, 6) is 1.41. The molecule has 0 fully saturated rings. The molecule has 1 aliphatic heterocycles. The van der Waals surface area contributed by atoms with Gasteiger partial charge in [0.1, 0.15) is 29.5 Å². The van der Waals surface area contributed by atoms with E-state index in [9.17, 15) is 9.59 Å². The van der Waals surface area contributed by atoms with Crippen molar-refractivity contribution in [3.63, 3.8) is 0 Å². The largest absolute Gasteiger partial charge is 0.489 e. The lowest BCUT2D eigenvalue weighted by Crippen LogP contribution is -2.44. The third kappa shape index (κ3) is 4.67. The molecule has 0 saturated carbocycles. The number of nitrogen functional groups attached to an aromatic ring is 1. The van der Waals surface area contributed by atoms with Gasteiger partial charge in [-0.05, 0) is 80.8 Å². The van der Waals surface area contributed by atoms with Crippen LogP contribution in [0.15, 0.2) is 48.7 Å². The predicted octanol–water partition coefficient (Wildman–Crippen LogP) is 4.64. The summed E-state index contributed by atoms with van der Waals surface area (Å²) >= 11 is 0. The molecule has 170 valence electrons. The van der Waals surface area contributed by atoms with Gasteiger partial charge in [0.25, 0.3) is 5.91 Å². The van der Waals surface area contributed by atoms with Crippen LogP contribution in [-0.2, 0) is 0 Å². The SMILES string of the molecule is Cc1cc(C)c2c(c1C)OC(C)(COc1ccc(NC(=O)c3ccc(N)nc3)cc1)CC2=O. The number of rotatable bonds is 5. The van der Waals surface area contributed by atoms with Crippen LogP contribution >= 0.6 is 0 Å². The Morgan fingerprint density at radius 3 is 2.55 bits per heavy atom. The summed E-state index contributed by atoms with van der Waals surface area (Å²) in [6.45, 7) is 8.04. The van der Waals surface area contributed by atoms with E-state index < -0.39 is 5.60 Å². The molecule has 0 radical (unpaired) electrons. The first-order chi connectivity index (χ1) is 15.6. The molecule has 4 rings (SSSR count). The number of hydrogen-bond donors (Lipinski definition) is 2. The van der Waals surface area contributed by atoms with Crippen LogP contribution in [0.4, 0.5) is 11.5 Å². The third-order valence-electron chi connectivity index (χ3n) is 5.85. The van der Waals surface area contributed by atoms with Gasteiger partial charge in [-0.1, -0.05) is 6.07 Å². The molecule has 0 spiro atoms. The maximum atomic E-state index is 12.9. The van der Waals surface area contributed by atoms with Crippen molar-refractivity contribution in [1.29, 1.82) is 0 Å². The molecular formula is C26H27N3O4. The Kier molecular flexibility index (Phi) is 5.80. The average Bonchev–Trinajstić information content (AvgIpc) is 2.77. The van der Waals surface area contributed by atoms with Crippen LogP contribution in [-0.4, -0.2) is 28.9 Å². The highest BCUT2D eigenvalue weighted by Gasteiger charge is 2.39. The normalized spacial score (nSPS) is 17.2. The van der Waals surface area contributed by atoms with Crippen LogP contribution in [0, 0.1) is 20.8 Å². The van der Waals surface area contributed by atoms with Gasteiger partial charge in [-0.25, -0.2) is 4.98 Å². The van der Waals surface area contributed by atoms with Gasteiger partial charge in [-0.2, -0.15) is 0 Å². The molecule has 1 aliphatic rings. The van der Waals surface area contributed by atoms with E-state index in [0.29, 0.717) is 34.1 Å². The molecule has 2 aromatic carbocycles. The highest BCUT2D eigenvalue weighted by molar-refractivity contribution is 6.04. The monoisotopic (exact) mass is 445 g/mol. The molecule has 0 bridgehead atoms. The average molecular weight is 446 g/mol. The number of carbonyl (C=O) groups is 2. The van der Waals surface area contributed by atoms with E-state index in [1.165, 1.54) is 6.20 Å². The molecule has 7 heteroatoms. The smallest absolute Gasteiger partial charge is 0.257 e. The molecule has 7 nitrogen and oxygen atoms in total. The first-order valence-corrected chi connectivity index (χ1v) is 10.7. The number of Topliss-reactive ketones (excluding diaryl/α,β-unsaturated/α-hetero) is 1. The number of amides is 1. The molecule has 1 aromatic heterocycles. The number of nitrogens with two attached hydrogens (primary N) is 1. The lowest BCUT2D eigenvalue weighted by atomic mass is 9.87. The zero-order chi connectivity index (χ0) is 23.8. The minimum atomic E-state index is -0.774. The predicted molar refractivity (Wildman–Crippen MR) is 127 cm³/mol. The highest BCUT2D eigenvalue weighted by Crippen LogP contribution is 2.39. The molecule has 3 aromatic rings. The van der Waals surface area contributed by atoms with Crippen molar-refractivity contribution in [2.75, 3.05) is 17.7 Å². The maximum Gasteiger partial charge on any atom is 0.257 e. The lowest BCUT2D eigenvalue weighted by Gasteiger charge is -2.36. The van der Waals surface area contributed by atoms with E-state index >= 15 is 0 Å². The van der Waals surface area contributed by atoms with Crippen molar-refractivity contribution in [2.24, 2.45) is 0 Å². The van der Waals surface area contributed by atoms with Gasteiger partial charge in [0.15, 0.2) is 5.78 Å². The van der Waals surface area contributed by atoms with Crippen LogP contribution in [0.1, 0.15) is 50.8 Å². The molecule has 0 aliphatic carbocycles. The topological polar surface area (TPSA) is 104 Å². The number of ketones is 1. The van der Waals surface area contributed by atoms with E-state index in [2.05, 4.69) is 10.3 Å². The molecule has 1 amide bonds. The second-order valence-electron chi connectivity index (χ2n) is 8.73. The van der Waals surface area contributed by atoms with Gasteiger partial charge in [-0.15, -0.1) is 0 Å². The summed E-state index contributed by atoms with van der Waals surface area (Å²) in [4.78, 5) is 29.1. The second kappa shape index (κ2) is 8.58. The standard InChI is InChI=1S/C26H27N3O4/c1-15-11-16(2)23-21(30)12-26(4,33-24(23)17(15)3)14-32-20-8-6-19(7-9-20)29-25(31)18-5-10-22(27)28-13-18/h5-11,13H,12,14H2,1-4H3,(H2,27,28)(H,29,31). The Labute approximate surface area is 192 Å². The number of nitrogens with zero attached hydrogens (tertiary/aromatic N) is 1. The zero-order valence-electron chi connectivity index (χ0n) is 19.2. The van der Waals surface area contributed by atoms with Gasteiger partial charge in [0.2, 0.25) is 0 Å². The molecule has 2 heterocycles. The first-order valence-electron chi connectivity index (χ1n) is 10.7. The summed E-state index contributed by atoms with van der Waals surface area (Å²) in [5.41, 5.74) is 9.50. The first kappa shape index (κ1) is 22.3. The Morgan fingerprint density at radius 1 is 1.15 bits per heavy atom. The van der Waals surface area contributed by atoms with E-state index in [4.69, 9.17) is 15.2 Å². The van der Waals surface area contributed by atoms with Crippen molar-refractivity contribution >= 4 is 23.2 Å². The molecule has 0 saturated heterocycles. The van der Waals surface area contributed by atoms with Gasteiger partial charge < -0.3 is 20.5 Å². The molecule has 1 unspecified atom stereocenters. The molecule has 1 atom stereocenters. The Morgan fingerprint density at radius 2 is 1.88 bits per heavy atom. The van der Waals surface area contributed by atoms with Crippen molar-refractivity contribution < 1.29 is 19.1 Å². The second-order valence-corrected chi connectivity index (χ2v) is 8.73. The van der Waals surface area contributed by atoms with E-state index in [0.717, 1.165) is 16.7 Å². The number of fused-ring (bicyclic) bond motifs is 1. The van der Waals surface area contributed by atoms with Gasteiger partial charge in [0, 0.05) is 11.9 Å². The van der Waals surface area contributed by atoms with Crippen LogP contribution in [0.3, 0.4) is 0 Å². The summed E-state index contributed by atoms with van der Waals surface area (Å²) in [6, 6.07) is 12.2. The van der Waals surface area contributed by atoms with E-state index in [-0.39, 0.29) is 24.7 Å². The van der Waals surface area contributed by atoms with Crippen molar-refractivity contribution in [3.8, 4) is 11.5 Å². The van der Waals surface area contributed by atoms with Crippen molar-refractivity contribution in [3.05, 3.63) is 76.5 Å². The number of nitrogens with one attached hydrogen (secondary N) is 1. The quantitative estimate of drug-likeness (QED) is 0.593. The minimum absolute atomic E-state index is 0.0677. The van der Waals surface area contributed by atoms with Gasteiger partial charge >= 0.3 is 0 Å². The Hall–Kier alpha value is -3.87. The number of benzene rings is 2. The number of aromatic nitrogens is 1. The maximum absolute atomic E-state index is 12.9. The zero-order valence-corrected chi connectivity index (χ0v) is 19.2. The number of aryl methyl sites for hydroxylation is 2. The summed E-state index contributed by atoms with van der Waals surface area (Å²) in [6.07, 6.45) is 1.67. The van der Waals surface area contributed by atoms with Crippen molar-refractivity contribution in [2.45, 2.75) is 39.7 Å². The molecule has 33 heavy (non-hydrogen) atoms.